The third-order valence-electron chi connectivity index (χ3n) is 3.09. The van der Waals surface area contributed by atoms with Crippen molar-refractivity contribution >= 4 is 17.0 Å². The smallest absolute Gasteiger partial charge is 0.179 e. The van der Waals surface area contributed by atoms with Crippen LogP contribution in [0.4, 0.5) is 14.6 Å². The molecule has 0 radical (unpaired) electrons. The number of alkyl halides is 2. The minimum absolute atomic E-state index is 0.146. The summed E-state index contributed by atoms with van der Waals surface area (Å²) in [7, 11) is 0. The first-order valence-corrected chi connectivity index (χ1v) is 5.61. The van der Waals surface area contributed by atoms with Gasteiger partial charge in [-0.15, -0.1) is 0 Å². The van der Waals surface area contributed by atoms with E-state index in [0.29, 0.717) is 5.52 Å². The van der Waals surface area contributed by atoms with Crippen molar-refractivity contribution in [1.29, 1.82) is 0 Å². The highest BCUT2D eigenvalue weighted by molar-refractivity contribution is 5.81. The molecular formula is C10H11F2N5O2. The Morgan fingerprint density at radius 1 is 1.32 bits per heavy atom. The molecule has 1 aliphatic heterocycles. The highest BCUT2D eigenvalue weighted by Gasteiger charge is 2.46. The fourth-order valence-electron chi connectivity index (χ4n) is 2.11. The van der Waals surface area contributed by atoms with Gasteiger partial charge in [-0.3, -0.25) is 4.57 Å². The van der Waals surface area contributed by atoms with Crippen molar-refractivity contribution in [2.75, 3.05) is 12.3 Å². The first kappa shape index (κ1) is 12.2. The van der Waals surface area contributed by atoms with Gasteiger partial charge in [0.05, 0.1) is 12.9 Å². The molecule has 0 amide bonds. The van der Waals surface area contributed by atoms with Gasteiger partial charge in [0.25, 0.3) is 0 Å². The lowest BCUT2D eigenvalue weighted by Gasteiger charge is -2.14. The number of halogens is 2. The van der Waals surface area contributed by atoms with Crippen molar-refractivity contribution in [3.63, 3.8) is 0 Å². The van der Waals surface area contributed by atoms with Gasteiger partial charge in [0.15, 0.2) is 30.0 Å². The summed E-state index contributed by atoms with van der Waals surface area (Å²) in [6, 6.07) is 0. The summed E-state index contributed by atoms with van der Waals surface area (Å²) in [6.45, 7) is -0.595. The standard InChI is InChI=1S/C10H11F2N5O2/c11-5-4(1-18)19-10(6(5)12)17-3-16-7-8(13)14-2-15-9(7)17/h2-6,10,18H,1H2,(H2,13,14,15)/t4-,5-,6+,10-/m1/s1. The van der Waals surface area contributed by atoms with Crippen LogP contribution in [0.15, 0.2) is 12.7 Å². The predicted molar refractivity (Wildman–Crippen MR) is 60.5 cm³/mol. The number of rotatable bonds is 2. The summed E-state index contributed by atoms with van der Waals surface area (Å²) >= 11 is 0. The molecule has 2 aromatic rings. The van der Waals surface area contributed by atoms with Gasteiger partial charge < -0.3 is 15.6 Å². The molecule has 4 atom stereocenters. The molecule has 2 aromatic heterocycles. The zero-order valence-electron chi connectivity index (χ0n) is 9.65. The van der Waals surface area contributed by atoms with E-state index in [9.17, 15) is 8.78 Å². The molecule has 9 heteroatoms. The van der Waals surface area contributed by atoms with E-state index in [1.54, 1.807) is 0 Å². The van der Waals surface area contributed by atoms with Gasteiger partial charge in [0.2, 0.25) is 0 Å². The minimum Gasteiger partial charge on any atom is -0.394 e. The zero-order chi connectivity index (χ0) is 13.6. The Labute approximate surface area is 106 Å². The third-order valence-corrected chi connectivity index (χ3v) is 3.09. The van der Waals surface area contributed by atoms with Crippen LogP contribution >= 0.6 is 0 Å². The number of hydrogen-bond donors (Lipinski definition) is 2. The van der Waals surface area contributed by atoms with E-state index in [0.717, 1.165) is 0 Å². The first-order valence-electron chi connectivity index (χ1n) is 5.61. The van der Waals surface area contributed by atoms with Gasteiger partial charge in [0, 0.05) is 0 Å². The number of hydrogen-bond acceptors (Lipinski definition) is 6. The monoisotopic (exact) mass is 271 g/mol. The van der Waals surface area contributed by atoms with Gasteiger partial charge >= 0.3 is 0 Å². The fraction of sp³-hybridized carbons (Fsp3) is 0.500. The summed E-state index contributed by atoms with van der Waals surface area (Å²) in [5, 5.41) is 8.92. The van der Waals surface area contributed by atoms with Gasteiger partial charge in [-0.2, -0.15) is 0 Å². The van der Waals surface area contributed by atoms with E-state index in [2.05, 4.69) is 15.0 Å². The Bertz CT molecular complexity index is 607. The van der Waals surface area contributed by atoms with Crippen LogP contribution in [0.25, 0.3) is 11.2 Å². The third kappa shape index (κ3) is 1.73. The molecule has 3 rings (SSSR count). The first-order chi connectivity index (χ1) is 9.13. The molecule has 19 heavy (non-hydrogen) atoms. The Morgan fingerprint density at radius 3 is 2.79 bits per heavy atom. The Kier molecular flexibility index (Phi) is 2.79. The normalized spacial score (nSPS) is 31.1. The number of anilines is 1. The van der Waals surface area contributed by atoms with E-state index >= 15 is 0 Å². The second-order valence-electron chi connectivity index (χ2n) is 4.22. The van der Waals surface area contributed by atoms with Crippen molar-refractivity contribution in [3.8, 4) is 0 Å². The Hall–Kier alpha value is -1.87. The molecular weight excluding hydrogens is 260 g/mol. The molecule has 3 heterocycles. The average molecular weight is 271 g/mol. The number of nitrogens with two attached hydrogens (primary N) is 1. The molecule has 0 aliphatic carbocycles. The second kappa shape index (κ2) is 4.35. The summed E-state index contributed by atoms with van der Waals surface area (Å²) in [5.41, 5.74) is 6.16. The van der Waals surface area contributed by atoms with Crippen LogP contribution in [-0.4, -0.2) is 49.7 Å². The maximum absolute atomic E-state index is 13.9. The Morgan fingerprint density at radius 2 is 2.11 bits per heavy atom. The SMILES string of the molecule is Nc1ncnc2c1ncn2[C@@H]1O[C@H](CO)[C@@H](F)[C@@H]1F. The molecule has 1 aliphatic rings. The maximum Gasteiger partial charge on any atom is 0.179 e. The molecule has 7 nitrogen and oxygen atoms in total. The van der Waals surface area contributed by atoms with E-state index < -0.39 is 31.3 Å². The molecule has 102 valence electrons. The van der Waals surface area contributed by atoms with E-state index in [1.807, 2.05) is 0 Å². The number of nitrogens with zero attached hydrogens (tertiary/aromatic N) is 4. The van der Waals surface area contributed by atoms with Gasteiger partial charge in [-0.05, 0) is 0 Å². The van der Waals surface area contributed by atoms with E-state index in [1.165, 1.54) is 17.2 Å². The van der Waals surface area contributed by atoms with Gasteiger partial charge in [-0.1, -0.05) is 0 Å². The van der Waals surface area contributed by atoms with E-state index in [4.69, 9.17) is 15.6 Å². The summed E-state index contributed by atoms with van der Waals surface area (Å²) in [4.78, 5) is 11.6. The number of aliphatic hydroxyl groups is 1. The Balaban J connectivity index is 2.04. The lowest BCUT2D eigenvalue weighted by Crippen LogP contribution is -2.26. The highest BCUT2D eigenvalue weighted by Crippen LogP contribution is 2.35. The van der Waals surface area contributed by atoms with Crippen LogP contribution in [0.5, 0.6) is 0 Å². The summed E-state index contributed by atoms with van der Waals surface area (Å²) < 4.78 is 33.8. The lowest BCUT2D eigenvalue weighted by atomic mass is 10.2. The molecule has 1 saturated heterocycles. The molecule has 0 spiro atoms. The van der Waals surface area contributed by atoms with E-state index in [-0.39, 0.29) is 11.5 Å². The molecule has 3 N–H and O–H groups in total. The van der Waals surface area contributed by atoms with Crippen LogP contribution in [0, 0.1) is 0 Å². The lowest BCUT2D eigenvalue weighted by molar-refractivity contribution is -0.0398. The summed E-state index contributed by atoms with van der Waals surface area (Å²) in [6.07, 6.45) is -3.77. The van der Waals surface area contributed by atoms with Crippen molar-refractivity contribution in [2.45, 2.75) is 24.7 Å². The molecule has 0 saturated carbocycles. The second-order valence-corrected chi connectivity index (χ2v) is 4.22. The zero-order valence-corrected chi connectivity index (χ0v) is 9.65. The number of imidazole rings is 1. The van der Waals surface area contributed by atoms with Crippen LogP contribution in [0.3, 0.4) is 0 Å². The fourth-order valence-corrected chi connectivity index (χ4v) is 2.11. The van der Waals surface area contributed by atoms with Crippen LogP contribution in [-0.2, 0) is 4.74 Å². The molecule has 0 bridgehead atoms. The molecule has 0 unspecified atom stereocenters. The molecule has 1 fully saturated rings. The number of ether oxygens (including phenoxy) is 1. The number of fused-ring (bicyclic) bond motifs is 1. The largest absolute Gasteiger partial charge is 0.394 e. The minimum atomic E-state index is -1.91. The van der Waals surface area contributed by atoms with Crippen LogP contribution in [0.1, 0.15) is 6.23 Å². The number of aromatic nitrogens is 4. The quantitative estimate of drug-likeness (QED) is 0.796. The van der Waals surface area contributed by atoms with Crippen molar-refractivity contribution in [1.82, 2.24) is 19.5 Å². The number of nitrogen functional groups attached to an aromatic ring is 1. The predicted octanol–water partition coefficient (Wildman–Crippen LogP) is -0.0256. The van der Waals surface area contributed by atoms with Crippen LogP contribution in [0.2, 0.25) is 0 Å². The highest BCUT2D eigenvalue weighted by atomic mass is 19.2. The average Bonchev–Trinajstić information content (AvgIpc) is 2.94. The molecule has 0 aromatic carbocycles. The topological polar surface area (TPSA) is 99.1 Å². The maximum atomic E-state index is 13.9. The number of aliphatic hydroxyl groups excluding tert-OH is 1. The van der Waals surface area contributed by atoms with Gasteiger partial charge in [0.1, 0.15) is 17.9 Å². The van der Waals surface area contributed by atoms with Crippen molar-refractivity contribution in [3.05, 3.63) is 12.7 Å². The summed E-state index contributed by atoms with van der Waals surface area (Å²) in [5.74, 6) is 0.146. The van der Waals surface area contributed by atoms with Crippen LogP contribution < -0.4 is 5.73 Å². The van der Waals surface area contributed by atoms with Gasteiger partial charge in [-0.25, -0.2) is 23.7 Å². The van der Waals surface area contributed by atoms with Crippen molar-refractivity contribution < 1.29 is 18.6 Å². The van der Waals surface area contributed by atoms with Crippen molar-refractivity contribution in [2.24, 2.45) is 0 Å².